The van der Waals surface area contributed by atoms with Crippen molar-refractivity contribution >= 4 is 11.7 Å². The molecule has 1 amide bonds. The lowest BCUT2D eigenvalue weighted by molar-refractivity contribution is 0.0936. The van der Waals surface area contributed by atoms with E-state index in [1.165, 1.54) is 0 Å². The molecule has 0 aliphatic carbocycles. The fourth-order valence-corrected chi connectivity index (χ4v) is 2.13. The standard InChI is InChI=1S/C15H26N4O/c1-9(2)6-11(5)17-15(20)12-7-13(10(3)4)18-14(8-12)19-16/h7-11H,6,16H2,1-5H3,(H,17,20)(H,18,19). The van der Waals surface area contributed by atoms with Gasteiger partial charge in [0.25, 0.3) is 5.91 Å². The van der Waals surface area contributed by atoms with E-state index < -0.39 is 0 Å². The molecule has 1 aromatic rings. The molecule has 1 atom stereocenters. The Labute approximate surface area is 121 Å². The largest absolute Gasteiger partial charge is 0.350 e. The smallest absolute Gasteiger partial charge is 0.251 e. The lowest BCUT2D eigenvalue weighted by atomic mass is 10.0. The summed E-state index contributed by atoms with van der Waals surface area (Å²) < 4.78 is 0. The summed E-state index contributed by atoms with van der Waals surface area (Å²) in [6.45, 7) is 10.4. The van der Waals surface area contributed by atoms with Crippen molar-refractivity contribution in [2.75, 3.05) is 5.43 Å². The van der Waals surface area contributed by atoms with E-state index in [2.05, 4.69) is 29.6 Å². The maximum atomic E-state index is 12.3. The van der Waals surface area contributed by atoms with Gasteiger partial charge in [-0.1, -0.05) is 27.7 Å². The van der Waals surface area contributed by atoms with E-state index in [0.717, 1.165) is 12.1 Å². The molecule has 0 bridgehead atoms. The SMILES string of the molecule is CC(C)CC(C)NC(=O)c1cc(NN)nc(C(C)C)c1. The summed E-state index contributed by atoms with van der Waals surface area (Å²) in [4.78, 5) is 16.6. The Morgan fingerprint density at radius 2 is 1.90 bits per heavy atom. The summed E-state index contributed by atoms with van der Waals surface area (Å²) in [6.07, 6.45) is 0.954. The van der Waals surface area contributed by atoms with E-state index in [4.69, 9.17) is 5.84 Å². The predicted molar refractivity (Wildman–Crippen MR) is 82.5 cm³/mol. The van der Waals surface area contributed by atoms with Gasteiger partial charge in [0.2, 0.25) is 0 Å². The number of pyridine rings is 1. The van der Waals surface area contributed by atoms with Crippen molar-refractivity contribution < 1.29 is 4.79 Å². The highest BCUT2D eigenvalue weighted by Crippen LogP contribution is 2.17. The van der Waals surface area contributed by atoms with Gasteiger partial charge in [0.05, 0.1) is 0 Å². The fourth-order valence-electron chi connectivity index (χ4n) is 2.13. The monoisotopic (exact) mass is 278 g/mol. The summed E-state index contributed by atoms with van der Waals surface area (Å²) in [5.41, 5.74) is 3.95. The Morgan fingerprint density at radius 1 is 1.25 bits per heavy atom. The number of hydrogen-bond donors (Lipinski definition) is 3. The molecule has 0 aromatic carbocycles. The molecule has 5 heteroatoms. The van der Waals surface area contributed by atoms with Crippen molar-refractivity contribution in [1.82, 2.24) is 10.3 Å². The molecule has 4 N–H and O–H groups in total. The number of nitrogen functional groups attached to an aromatic ring is 1. The molecule has 1 aromatic heterocycles. The number of amides is 1. The van der Waals surface area contributed by atoms with E-state index in [9.17, 15) is 4.79 Å². The number of anilines is 1. The minimum Gasteiger partial charge on any atom is -0.350 e. The summed E-state index contributed by atoms with van der Waals surface area (Å²) >= 11 is 0. The third kappa shape index (κ3) is 4.81. The van der Waals surface area contributed by atoms with Crippen LogP contribution in [0.1, 0.15) is 63.0 Å². The lowest BCUT2D eigenvalue weighted by Gasteiger charge is -2.17. The minimum absolute atomic E-state index is 0.0843. The first-order chi connectivity index (χ1) is 9.33. The fraction of sp³-hybridized carbons (Fsp3) is 0.600. The Kier molecular flexibility index (Phi) is 5.95. The number of carbonyl (C=O) groups is 1. The van der Waals surface area contributed by atoms with Crippen LogP contribution in [-0.4, -0.2) is 16.9 Å². The number of hydrazine groups is 1. The second-order valence-electron chi connectivity index (χ2n) is 5.97. The number of carbonyl (C=O) groups excluding carboxylic acids is 1. The van der Waals surface area contributed by atoms with Crippen molar-refractivity contribution in [3.8, 4) is 0 Å². The molecule has 112 valence electrons. The van der Waals surface area contributed by atoms with Gasteiger partial charge in [-0.05, 0) is 37.3 Å². The first-order valence-corrected chi connectivity index (χ1v) is 7.13. The number of nitrogens with one attached hydrogen (secondary N) is 2. The predicted octanol–water partition coefficient (Wildman–Crippen LogP) is 2.66. The van der Waals surface area contributed by atoms with E-state index >= 15 is 0 Å². The molecule has 1 rings (SSSR count). The summed E-state index contributed by atoms with van der Waals surface area (Å²) in [6, 6.07) is 3.64. The topological polar surface area (TPSA) is 80.0 Å². The second-order valence-corrected chi connectivity index (χ2v) is 5.97. The molecule has 0 saturated heterocycles. The van der Waals surface area contributed by atoms with Gasteiger partial charge in [0.1, 0.15) is 5.82 Å². The van der Waals surface area contributed by atoms with Crippen molar-refractivity contribution in [1.29, 1.82) is 0 Å². The van der Waals surface area contributed by atoms with Gasteiger partial charge >= 0.3 is 0 Å². The average molecular weight is 278 g/mol. The molecule has 1 heterocycles. The van der Waals surface area contributed by atoms with Crippen LogP contribution in [0.25, 0.3) is 0 Å². The molecule has 0 aliphatic rings. The van der Waals surface area contributed by atoms with Crippen molar-refractivity contribution in [2.24, 2.45) is 11.8 Å². The Morgan fingerprint density at radius 3 is 2.40 bits per heavy atom. The molecule has 0 saturated carbocycles. The van der Waals surface area contributed by atoms with Gasteiger partial charge in [-0.3, -0.25) is 4.79 Å². The van der Waals surface area contributed by atoms with Crippen molar-refractivity contribution in [2.45, 2.75) is 53.0 Å². The minimum atomic E-state index is -0.0843. The highest BCUT2D eigenvalue weighted by atomic mass is 16.1. The zero-order valence-corrected chi connectivity index (χ0v) is 13.0. The van der Waals surface area contributed by atoms with Crippen LogP contribution in [0, 0.1) is 5.92 Å². The van der Waals surface area contributed by atoms with Gasteiger partial charge in [-0.25, -0.2) is 10.8 Å². The maximum absolute atomic E-state index is 12.3. The van der Waals surface area contributed by atoms with E-state index in [0.29, 0.717) is 17.3 Å². The molecule has 1 unspecified atom stereocenters. The van der Waals surface area contributed by atoms with Crippen molar-refractivity contribution in [3.63, 3.8) is 0 Å². The van der Waals surface area contributed by atoms with Crippen LogP contribution in [0.5, 0.6) is 0 Å². The highest BCUT2D eigenvalue weighted by molar-refractivity contribution is 5.95. The Balaban J connectivity index is 2.89. The van der Waals surface area contributed by atoms with Gasteiger partial charge in [-0.15, -0.1) is 0 Å². The maximum Gasteiger partial charge on any atom is 0.251 e. The van der Waals surface area contributed by atoms with Gasteiger partial charge < -0.3 is 10.7 Å². The molecule has 20 heavy (non-hydrogen) atoms. The summed E-state index contributed by atoms with van der Waals surface area (Å²) in [5.74, 6) is 6.63. The first-order valence-electron chi connectivity index (χ1n) is 7.13. The Hall–Kier alpha value is -1.62. The molecule has 5 nitrogen and oxygen atoms in total. The van der Waals surface area contributed by atoms with Gasteiger partial charge in [0, 0.05) is 17.3 Å². The van der Waals surface area contributed by atoms with E-state index in [1.807, 2.05) is 26.8 Å². The van der Waals surface area contributed by atoms with Crippen LogP contribution < -0.4 is 16.6 Å². The molecule has 0 spiro atoms. The van der Waals surface area contributed by atoms with Crippen LogP contribution >= 0.6 is 0 Å². The van der Waals surface area contributed by atoms with Crippen LogP contribution in [0.15, 0.2) is 12.1 Å². The van der Waals surface area contributed by atoms with Crippen molar-refractivity contribution in [3.05, 3.63) is 23.4 Å². The average Bonchev–Trinajstić information content (AvgIpc) is 2.36. The van der Waals surface area contributed by atoms with Crippen LogP contribution in [0.4, 0.5) is 5.82 Å². The second kappa shape index (κ2) is 7.24. The molecular weight excluding hydrogens is 252 g/mol. The third-order valence-electron chi connectivity index (χ3n) is 3.05. The number of nitrogens with two attached hydrogens (primary N) is 1. The number of hydrogen-bond acceptors (Lipinski definition) is 4. The molecule has 0 fully saturated rings. The Bertz CT molecular complexity index is 457. The van der Waals surface area contributed by atoms with Gasteiger partial charge in [0.15, 0.2) is 0 Å². The van der Waals surface area contributed by atoms with E-state index in [-0.39, 0.29) is 17.9 Å². The summed E-state index contributed by atoms with van der Waals surface area (Å²) in [5, 5.41) is 3.01. The third-order valence-corrected chi connectivity index (χ3v) is 3.05. The van der Waals surface area contributed by atoms with Crippen LogP contribution in [-0.2, 0) is 0 Å². The normalized spacial score (nSPS) is 12.6. The van der Waals surface area contributed by atoms with Gasteiger partial charge in [-0.2, -0.15) is 0 Å². The zero-order valence-electron chi connectivity index (χ0n) is 13.0. The van der Waals surface area contributed by atoms with Crippen LogP contribution in [0.3, 0.4) is 0 Å². The first kappa shape index (κ1) is 16.4. The van der Waals surface area contributed by atoms with E-state index in [1.54, 1.807) is 6.07 Å². The number of nitrogens with zero attached hydrogens (tertiary/aromatic N) is 1. The zero-order chi connectivity index (χ0) is 15.3. The number of aromatic nitrogens is 1. The van der Waals surface area contributed by atoms with Crippen LogP contribution in [0.2, 0.25) is 0 Å². The molecular formula is C15H26N4O. The highest BCUT2D eigenvalue weighted by Gasteiger charge is 2.14. The lowest BCUT2D eigenvalue weighted by Crippen LogP contribution is -2.33. The molecule has 0 radical (unpaired) electrons. The summed E-state index contributed by atoms with van der Waals surface area (Å²) in [7, 11) is 0. The number of rotatable bonds is 6. The quantitative estimate of drug-likeness (QED) is 0.552. The molecule has 0 aliphatic heterocycles.